The van der Waals surface area contributed by atoms with Crippen LogP contribution in [-0.2, 0) is 28.6 Å². The second kappa shape index (κ2) is 59.2. The van der Waals surface area contributed by atoms with Crippen molar-refractivity contribution in [1.29, 1.82) is 0 Å². The molecule has 0 aromatic carbocycles. The second-order valence-electron chi connectivity index (χ2n) is 19.9. The molecule has 408 valence electrons. The van der Waals surface area contributed by atoms with Gasteiger partial charge in [0.2, 0.25) is 0 Å². The molecule has 0 aromatic rings. The van der Waals surface area contributed by atoms with Crippen LogP contribution in [-0.4, -0.2) is 37.2 Å². The van der Waals surface area contributed by atoms with Gasteiger partial charge >= 0.3 is 17.9 Å². The minimum Gasteiger partial charge on any atom is -0.462 e. The van der Waals surface area contributed by atoms with Crippen LogP contribution in [0.25, 0.3) is 0 Å². The maximum absolute atomic E-state index is 12.9. The fraction of sp³-hybridized carbons (Fsp3) is 0.738. The molecule has 0 aromatic heterocycles. The van der Waals surface area contributed by atoms with Crippen LogP contribution in [0.3, 0.4) is 0 Å². The van der Waals surface area contributed by atoms with Crippen molar-refractivity contribution in [1.82, 2.24) is 0 Å². The third-order valence-electron chi connectivity index (χ3n) is 12.9. The summed E-state index contributed by atoms with van der Waals surface area (Å²) >= 11 is 0. The molecule has 0 radical (unpaired) electrons. The molecule has 0 saturated heterocycles. The number of allylic oxidation sites excluding steroid dienone is 14. The van der Waals surface area contributed by atoms with Gasteiger partial charge in [-0.25, -0.2) is 0 Å². The summed E-state index contributed by atoms with van der Waals surface area (Å²) < 4.78 is 16.8. The number of carbonyl (C=O) groups excluding carboxylic acids is 3. The van der Waals surface area contributed by atoms with E-state index in [9.17, 15) is 14.4 Å². The molecule has 0 fully saturated rings. The zero-order chi connectivity index (χ0) is 51.4. The van der Waals surface area contributed by atoms with E-state index >= 15 is 0 Å². The van der Waals surface area contributed by atoms with Gasteiger partial charge in [0, 0.05) is 19.3 Å². The van der Waals surface area contributed by atoms with Gasteiger partial charge in [-0.15, -0.1) is 0 Å². The minimum absolute atomic E-state index is 0.0970. The van der Waals surface area contributed by atoms with Crippen molar-refractivity contribution in [2.24, 2.45) is 0 Å². The van der Waals surface area contributed by atoms with Crippen LogP contribution in [0.5, 0.6) is 0 Å². The lowest BCUT2D eigenvalue weighted by atomic mass is 10.0. The molecule has 0 aliphatic heterocycles. The highest BCUT2D eigenvalue weighted by molar-refractivity contribution is 5.71. The average molecular weight is 990 g/mol. The van der Waals surface area contributed by atoms with Gasteiger partial charge in [0.25, 0.3) is 0 Å². The summed E-state index contributed by atoms with van der Waals surface area (Å²) in [5, 5.41) is 0. The van der Waals surface area contributed by atoms with Crippen LogP contribution in [0.4, 0.5) is 0 Å². The number of esters is 3. The molecule has 0 amide bonds. The van der Waals surface area contributed by atoms with E-state index in [-0.39, 0.29) is 37.5 Å². The fourth-order valence-electron chi connectivity index (χ4n) is 8.35. The molecule has 0 unspecified atom stereocenters. The van der Waals surface area contributed by atoms with Crippen LogP contribution >= 0.6 is 0 Å². The summed E-state index contributed by atoms with van der Waals surface area (Å²) in [6.07, 6.45) is 77.3. The third kappa shape index (κ3) is 57.4. The Kier molecular flexibility index (Phi) is 56.3. The van der Waals surface area contributed by atoms with E-state index < -0.39 is 6.10 Å². The quantitative estimate of drug-likeness (QED) is 0.0261. The van der Waals surface area contributed by atoms with E-state index in [4.69, 9.17) is 14.2 Å². The Morgan fingerprint density at radius 2 is 0.563 bits per heavy atom. The van der Waals surface area contributed by atoms with Crippen LogP contribution < -0.4 is 0 Å². The van der Waals surface area contributed by atoms with Crippen molar-refractivity contribution in [3.63, 3.8) is 0 Å². The lowest BCUT2D eigenvalue weighted by Gasteiger charge is -2.18. The van der Waals surface area contributed by atoms with Gasteiger partial charge in [0.05, 0.1) is 0 Å². The van der Waals surface area contributed by atoms with Gasteiger partial charge in [0.1, 0.15) is 13.2 Å². The number of carbonyl (C=O) groups is 3. The highest BCUT2D eigenvalue weighted by Gasteiger charge is 2.19. The van der Waals surface area contributed by atoms with Crippen LogP contribution in [0.15, 0.2) is 85.1 Å². The molecule has 0 saturated carbocycles. The largest absolute Gasteiger partial charge is 0.462 e. The Hall–Kier alpha value is -3.41. The second-order valence-corrected chi connectivity index (χ2v) is 19.9. The first-order valence-electron chi connectivity index (χ1n) is 30.1. The Morgan fingerprint density at radius 1 is 0.296 bits per heavy atom. The molecule has 0 N–H and O–H groups in total. The Labute approximate surface area is 439 Å². The third-order valence-corrected chi connectivity index (χ3v) is 12.9. The summed E-state index contributed by atoms with van der Waals surface area (Å²) in [5.41, 5.74) is 0. The first-order chi connectivity index (χ1) is 35.0. The van der Waals surface area contributed by atoms with E-state index in [1.807, 2.05) is 0 Å². The van der Waals surface area contributed by atoms with Crippen molar-refractivity contribution in [2.45, 2.75) is 297 Å². The summed E-state index contributed by atoms with van der Waals surface area (Å²) in [5.74, 6) is -0.959. The number of unbranched alkanes of at least 4 members (excludes halogenated alkanes) is 29. The zero-order valence-corrected chi connectivity index (χ0v) is 46.7. The lowest BCUT2D eigenvalue weighted by Crippen LogP contribution is -2.30. The van der Waals surface area contributed by atoms with Gasteiger partial charge in [-0.3, -0.25) is 14.4 Å². The number of ether oxygens (including phenoxy) is 3. The summed E-state index contributed by atoms with van der Waals surface area (Å²) in [7, 11) is 0. The van der Waals surface area contributed by atoms with Crippen LogP contribution in [0.1, 0.15) is 290 Å². The van der Waals surface area contributed by atoms with Gasteiger partial charge in [-0.05, 0) is 109 Å². The minimum atomic E-state index is -0.805. The van der Waals surface area contributed by atoms with Crippen molar-refractivity contribution in [3.8, 4) is 0 Å². The monoisotopic (exact) mass is 989 g/mol. The standard InChI is InChI=1S/C65H112O6/c1-4-7-10-13-16-19-22-25-28-30-31-32-33-35-38-40-43-46-49-52-55-58-64(67)70-61-62(71-65(68)59-56-53-50-47-44-41-36-27-24-21-18-15-12-9-6-3)60-69-63(66)57-54-51-48-45-42-39-37-34-29-26-23-20-17-14-11-8-5-2/h8,11,17,20,25-29,36-37,39,45,48,62H,4-7,9-10,12-16,18-19,21-24,30-35,38,40-44,46-47,49-61H2,1-3H3/b11-8-,20-17-,28-25-,29-26-,36-27-,39-37-,48-45-/t62-/m1/s1. The van der Waals surface area contributed by atoms with Crippen molar-refractivity contribution in [3.05, 3.63) is 85.1 Å². The molecule has 6 nitrogen and oxygen atoms in total. The smallest absolute Gasteiger partial charge is 0.306 e. The van der Waals surface area contributed by atoms with Crippen molar-refractivity contribution in [2.75, 3.05) is 13.2 Å². The average Bonchev–Trinajstić information content (AvgIpc) is 3.37. The Morgan fingerprint density at radius 3 is 0.930 bits per heavy atom. The number of hydrogen-bond acceptors (Lipinski definition) is 6. The molecule has 0 rings (SSSR count). The Bertz CT molecular complexity index is 1370. The Balaban J connectivity index is 4.42. The maximum Gasteiger partial charge on any atom is 0.306 e. The molecule has 0 aliphatic rings. The van der Waals surface area contributed by atoms with E-state index in [1.54, 1.807) is 0 Å². The molecular formula is C65H112O6. The summed E-state index contributed by atoms with van der Waals surface area (Å²) in [6, 6.07) is 0. The van der Waals surface area contributed by atoms with E-state index in [1.165, 1.54) is 154 Å². The van der Waals surface area contributed by atoms with E-state index in [2.05, 4.69) is 106 Å². The highest BCUT2D eigenvalue weighted by Crippen LogP contribution is 2.15. The van der Waals surface area contributed by atoms with Gasteiger partial charge in [-0.2, -0.15) is 0 Å². The highest BCUT2D eigenvalue weighted by atomic mass is 16.6. The molecule has 0 bridgehead atoms. The van der Waals surface area contributed by atoms with E-state index in [0.717, 1.165) is 89.9 Å². The number of rotatable bonds is 54. The molecule has 0 spiro atoms. The SMILES string of the molecule is CC/C=C\C/C=C\C/C=C\C/C=C\C/C=C\CCCC(=O)OC[C@H](COC(=O)CCCCCCCCCCCCC/C=C\CCCCCCCC)OC(=O)CCCCCCC/C=C\CCCCCCCC. The zero-order valence-electron chi connectivity index (χ0n) is 46.7. The predicted molar refractivity (Wildman–Crippen MR) is 307 cm³/mol. The van der Waals surface area contributed by atoms with Crippen molar-refractivity contribution < 1.29 is 28.6 Å². The van der Waals surface area contributed by atoms with Gasteiger partial charge in [-0.1, -0.05) is 247 Å². The number of hydrogen-bond donors (Lipinski definition) is 0. The first-order valence-corrected chi connectivity index (χ1v) is 30.1. The molecule has 1 atom stereocenters. The topological polar surface area (TPSA) is 78.9 Å². The lowest BCUT2D eigenvalue weighted by molar-refractivity contribution is -0.167. The predicted octanol–water partition coefficient (Wildman–Crippen LogP) is 20.3. The summed E-state index contributed by atoms with van der Waals surface area (Å²) in [4.78, 5) is 38.2. The van der Waals surface area contributed by atoms with Crippen molar-refractivity contribution >= 4 is 17.9 Å². The van der Waals surface area contributed by atoms with Crippen LogP contribution in [0.2, 0.25) is 0 Å². The first kappa shape index (κ1) is 67.6. The van der Waals surface area contributed by atoms with Crippen LogP contribution in [0, 0.1) is 0 Å². The van der Waals surface area contributed by atoms with E-state index in [0.29, 0.717) is 19.3 Å². The molecule has 0 aliphatic carbocycles. The molecule has 0 heterocycles. The fourth-order valence-corrected chi connectivity index (χ4v) is 8.35. The molecule has 6 heteroatoms. The maximum atomic E-state index is 12.9. The molecule has 71 heavy (non-hydrogen) atoms. The van der Waals surface area contributed by atoms with Gasteiger partial charge in [0.15, 0.2) is 6.10 Å². The molecular weight excluding hydrogens is 877 g/mol. The normalized spacial score (nSPS) is 12.7. The summed E-state index contributed by atoms with van der Waals surface area (Å²) in [6.45, 7) is 6.48. The van der Waals surface area contributed by atoms with Gasteiger partial charge < -0.3 is 14.2 Å².